The van der Waals surface area contributed by atoms with Crippen LogP contribution in [-0.2, 0) is 0 Å². The summed E-state index contributed by atoms with van der Waals surface area (Å²) in [5, 5.41) is 18.9. The van der Waals surface area contributed by atoms with Crippen molar-refractivity contribution < 1.29 is 0 Å². The molecule has 1 atom stereocenters. The average molecular weight is 253 g/mol. The van der Waals surface area contributed by atoms with Gasteiger partial charge in [0.1, 0.15) is 6.07 Å². The Morgan fingerprint density at radius 1 is 0.944 bits per heavy atom. The van der Waals surface area contributed by atoms with Crippen molar-refractivity contribution in [2.45, 2.75) is 5.92 Å². The first-order valence-corrected chi connectivity index (χ1v) is 5.78. The van der Waals surface area contributed by atoms with Gasteiger partial charge in [0, 0.05) is 0 Å². The van der Waals surface area contributed by atoms with Crippen LogP contribution in [0, 0.1) is 22.7 Å². The molecule has 0 N–H and O–H groups in total. The fourth-order valence-corrected chi connectivity index (χ4v) is 2.09. The molecule has 2 nitrogen and oxygen atoms in total. The van der Waals surface area contributed by atoms with E-state index >= 15 is 0 Å². The second-order valence-electron chi connectivity index (χ2n) is 3.79. The Morgan fingerprint density at radius 3 is 2.28 bits per heavy atom. The van der Waals surface area contributed by atoms with Crippen molar-refractivity contribution >= 4 is 11.6 Å². The molecule has 3 heteroatoms. The quantitative estimate of drug-likeness (QED) is 0.815. The van der Waals surface area contributed by atoms with Gasteiger partial charge in [0.2, 0.25) is 0 Å². The first-order valence-electron chi connectivity index (χ1n) is 5.41. The van der Waals surface area contributed by atoms with Gasteiger partial charge >= 0.3 is 0 Å². The summed E-state index contributed by atoms with van der Waals surface area (Å²) >= 11 is 5.99. The van der Waals surface area contributed by atoms with E-state index < -0.39 is 5.92 Å². The molecule has 0 saturated carbocycles. The van der Waals surface area contributed by atoms with E-state index in [0.717, 1.165) is 5.56 Å². The van der Waals surface area contributed by atoms with Gasteiger partial charge in [-0.2, -0.15) is 10.5 Å². The zero-order valence-corrected chi connectivity index (χ0v) is 10.2. The van der Waals surface area contributed by atoms with Crippen LogP contribution in [0.25, 0.3) is 0 Å². The van der Waals surface area contributed by atoms with E-state index in [1.807, 2.05) is 30.3 Å². The van der Waals surface area contributed by atoms with Crippen LogP contribution in [0.4, 0.5) is 0 Å². The van der Waals surface area contributed by atoms with Crippen molar-refractivity contribution in [3.8, 4) is 12.1 Å². The highest BCUT2D eigenvalue weighted by atomic mass is 35.5. The standard InChI is InChI=1S/C15H9ClN2/c16-15-8-4-7-12(14(15)10-18)13(9-17)11-5-2-1-3-6-11/h1-8,13H. The first kappa shape index (κ1) is 12.2. The maximum Gasteiger partial charge on any atom is 0.101 e. The van der Waals surface area contributed by atoms with E-state index in [1.54, 1.807) is 18.2 Å². The SMILES string of the molecule is N#Cc1c(Cl)cccc1C(C#N)c1ccccc1. The summed E-state index contributed by atoms with van der Waals surface area (Å²) in [5.74, 6) is -0.473. The number of nitriles is 2. The van der Waals surface area contributed by atoms with E-state index in [0.29, 0.717) is 16.1 Å². The Labute approximate surface area is 111 Å². The fourth-order valence-electron chi connectivity index (χ4n) is 1.87. The maximum absolute atomic E-state index is 9.34. The second kappa shape index (κ2) is 5.36. The lowest BCUT2D eigenvalue weighted by Crippen LogP contribution is -2.01. The summed E-state index contributed by atoms with van der Waals surface area (Å²) < 4.78 is 0. The number of nitrogens with zero attached hydrogens (tertiary/aromatic N) is 2. The van der Waals surface area contributed by atoms with Gasteiger partial charge in [-0.3, -0.25) is 0 Å². The molecule has 18 heavy (non-hydrogen) atoms. The van der Waals surface area contributed by atoms with Gasteiger partial charge in [-0.25, -0.2) is 0 Å². The Morgan fingerprint density at radius 2 is 1.67 bits per heavy atom. The Hall–Kier alpha value is -2.29. The van der Waals surface area contributed by atoms with Crippen molar-refractivity contribution in [3.63, 3.8) is 0 Å². The highest BCUT2D eigenvalue weighted by molar-refractivity contribution is 6.31. The molecule has 2 aromatic carbocycles. The number of hydrogen-bond acceptors (Lipinski definition) is 2. The van der Waals surface area contributed by atoms with Crippen molar-refractivity contribution in [2.75, 3.05) is 0 Å². The summed E-state index contributed by atoms with van der Waals surface area (Å²) in [6.45, 7) is 0. The minimum atomic E-state index is -0.473. The summed E-state index contributed by atoms with van der Waals surface area (Å²) in [6, 6.07) is 18.8. The van der Waals surface area contributed by atoms with Gasteiger partial charge in [0.05, 0.1) is 22.6 Å². The molecular weight excluding hydrogens is 244 g/mol. The molecular formula is C15H9ClN2. The molecule has 0 spiro atoms. The largest absolute Gasteiger partial charge is 0.197 e. The molecule has 2 rings (SSSR count). The van der Waals surface area contributed by atoms with Crippen molar-refractivity contribution in [1.29, 1.82) is 10.5 Å². The summed E-state index contributed by atoms with van der Waals surface area (Å²) in [7, 11) is 0. The molecule has 0 aliphatic heterocycles. The fraction of sp³-hybridized carbons (Fsp3) is 0.0667. The second-order valence-corrected chi connectivity index (χ2v) is 4.20. The van der Waals surface area contributed by atoms with Gasteiger partial charge in [0.25, 0.3) is 0 Å². The lowest BCUT2D eigenvalue weighted by Gasteiger charge is -2.12. The number of rotatable bonds is 2. The smallest absolute Gasteiger partial charge is 0.101 e. The first-order chi connectivity index (χ1) is 8.77. The van der Waals surface area contributed by atoms with E-state index in [9.17, 15) is 5.26 Å². The number of halogens is 1. The van der Waals surface area contributed by atoms with Crippen LogP contribution in [0.5, 0.6) is 0 Å². The van der Waals surface area contributed by atoms with Crippen LogP contribution in [0.1, 0.15) is 22.6 Å². The van der Waals surface area contributed by atoms with Crippen LogP contribution in [-0.4, -0.2) is 0 Å². The maximum atomic E-state index is 9.34. The Bertz CT molecular complexity index is 636. The highest BCUT2D eigenvalue weighted by Gasteiger charge is 2.18. The van der Waals surface area contributed by atoms with E-state index in [4.69, 9.17) is 16.9 Å². The lowest BCUT2D eigenvalue weighted by molar-refractivity contribution is 1.03. The molecule has 0 aromatic heterocycles. The molecule has 1 unspecified atom stereocenters. The monoisotopic (exact) mass is 252 g/mol. The molecule has 0 aliphatic rings. The summed E-state index contributed by atoms with van der Waals surface area (Å²) in [5.41, 5.74) is 1.88. The predicted molar refractivity (Wildman–Crippen MR) is 70.1 cm³/mol. The molecule has 0 fully saturated rings. The molecule has 2 aromatic rings. The molecule has 0 aliphatic carbocycles. The zero-order valence-electron chi connectivity index (χ0n) is 9.47. The van der Waals surface area contributed by atoms with Crippen LogP contribution in [0.15, 0.2) is 48.5 Å². The minimum Gasteiger partial charge on any atom is -0.197 e. The van der Waals surface area contributed by atoms with Gasteiger partial charge < -0.3 is 0 Å². The topological polar surface area (TPSA) is 47.6 Å². The van der Waals surface area contributed by atoms with Gasteiger partial charge in [-0.15, -0.1) is 0 Å². The molecule has 0 radical (unpaired) electrons. The Kier molecular flexibility index (Phi) is 3.63. The van der Waals surface area contributed by atoms with Crippen LogP contribution < -0.4 is 0 Å². The normalized spacial score (nSPS) is 11.3. The van der Waals surface area contributed by atoms with E-state index in [2.05, 4.69) is 12.1 Å². The molecule has 0 saturated heterocycles. The third kappa shape index (κ3) is 2.20. The van der Waals surface area contributed by atoms with Crippen molar-refractivity contribution in [1.82, 2.24) is 0 Å². The van der Waals surface area contributed by atoms with Crippen molar-refractivity contribution in [3.05, 3.63) is 70.2 Å². The molecule has 0 bridgehead atoms. The number of benzene rings is 2. The summed E-state index contributed by atoms with van der Waals surface area (Å²) in [6.07, 6.45) is 0. The van der Waals surface area contributed by atoms with Crippen LogP contribution >= 0.6 is 11.6 Å². The number of hydrogen-bond donors (Lipinski definition) is 0. The lowest BCUT2D eigenvalue weighted by atomic mass is 9.89. The van der Waals surface area contributed by atoms with E-state index in [-0.39, 0.29) is 0 Å². The highest BCUT2D eigenvalue weighted by Crippen LogP contribution is 2.30. The van der Waals surface area contributed by atoms with Gasteiger partial charge in [-0.1, -0.05) is 54.1 Å². The van der Waals surface area contributed by atoms with Gasteiger partial charge in [0.15, 0.2) is 0 Å². The van der Waals surface area contributed by atoms with E-state index in [1.165, 1.54) is 0 Å². The average Bonchev–Trinajstić information content (AvgIpc) is 2.41. The minimum absolute atomic E-state index is 0.370. The molecule has 0 amide bonds. The Balaban J connectivity index is 2.58. The summed E-state index contributed by atoms with van der Waals surface area (Å²) in [4.78, 5) is 0. The predicted octanol–water partition coefficient (Wildman–Crippen LogP) is 3.87. The molecule has 86 valence electrons. The zero-order chi connectivity index (χ0) is 13.0. The van der Waals surface area contributed by atoms with Crippen LogP contribution in [0.3, 0.4) is 0 Å². The van der Waals surface area contributed by atoms with Crippen molar-refractivity contribution in [2.24, 2.45) is 0 Å². The third-order valence-electron chi connectivity index (χ3n) is 2.73. The van der Waals surface area contributed by atoms with Crippen LogP contribution in [0.2, 0.25) is 5.02 Å². The third-order valence-corrected chi connectivity index (χ3v) is 3.05. The van der Waals surface area contributed by atoms with Gasteiger partial charge in [-0.05, 0) is 17.2 Å². The molecule has 0 heterocycles.